The van der Waals surface area contributed by atoms with Crippen LogP contribution in [0.2, 0.25) is 0 Å². The van der Waals surface area contributed by atoms with Crippen molar-refractivity contribution in [3.63, 3.8) is 0 Å². The van der Waals surface area contributed by atoms with Gasteiger partial charge in [0, 0.05) is 30.6 Å². The Balaban J connectivity index is 1.84. The normalized spacial score (nSPS) is 19.4. The quantitative estimate of drug-likeness (QED) is 0.928. The average Bonchev–Trinajstić information content (AvgIpc) is 2.84. The van der Waals surface area contributed by atoms with Crippen LogP contribution in [-0.2, 0) is 13.0 Å². The lowest BCUT2D eigenvalue weighted by Crippen LogP contribution is -2.38. The Morgan fingerprint density at radius 1 is 1.26 bits per heavy atom. The molecule has 3 rings (SSSR count). The summed E-state index contributed by atoms with van der Waals surface area (Å²) in [6.07, 6.45) is 1.12. The molecule has 100 valence electrons. The number of halogens is 1. The molecule has 2 aromatic rings. The first-order valence-electron chi connectivity index (χ1n) is 6.54. The van der Waals surface area contributed by atoms with Gasteiger partial charge in [0.15, 0.2) is 0 Å². The van der Waals surface area contributed by atoms with Gasteiger partial charge in [-0.3, -0.25) is 4.90 Å². The van der Waals surface area contributed by atoms with Crippen LogP contribution >= 0.6 is 27.3 Å². The molecule has 0 radical (unpaired) electrons. The van der Waals surface area contributed by atoms with E-state index < -0.39 is 0 Å². The third-order valence-electron chi connectivity index (χ3n) is 3.73. The molecule has 1 aliphatic heterocycles. The molecule has 0 fully saturated rings. The molecule has 0 aliphatic carbocycles. The number of hydrogen-bond donors (Lipinski definition) is 1. The standard InChI is InChI=1S/C15H17BrN2S/c16-15-6-5-12(19-15)10-18-8-7-11-3-1-2-4-13(11)14(18)9-17/h1-6,14H,7-10,17H2. The minimum absolute atomic E-state index is 0.353. The Hall–Kier alpha value is -0.680. The van der Waals surface area contributed by atoms with Crippen LogP contribution in [-0.4, -0.2) is 18.0 Å². The number of benzene rings is 1. The van der Waals surface area contributed by atoms with Crippen molar-refractivity contribution < 1.29 is 0 Å². The van der Waals surface area contributed by atoms with Crippen LogP contribution in [0.5, 0.6) is 0 Å². The van der Waals surface area contributed by atoms with E-state index in [1.165, 1.54) is 19.8 Å². The molecule has 2 heterocycles. The minimum Gasteiger partial charge on any atom is -0.329 e. The second-order valence-corrected chi connectivity index (χ2v) is 7.42. The van der Waals surface area contributed by atoms with E-state index >= 15 is 0 Å². The number of hydrogen-bond acceptors (Lipinski definition) is 3. The van der Waals surface area contributed by atoms with Crippen molar-refractivity contribution in [3.05, 3.63) is 56.2 Å². The summed E-state index contributed by atoms with van der Waals surface area (Å²) in [5, 5.41) is 0. The Morgan fingerprint density at radius 2 is 2.11 bits per heavy atom. The Kier molecular flexibility index (Phi) is 4.03. The first-order chi connectivity index (χ1) is 9.28. The maximum absolute atomic E-state index is 6.02. The van der Waals surface area contributed by atoms with Gasteiger partial charge in [0.1, 0.15) is 0 Å². The summed E-state index contributed by atoms with van der Waals surface area (Å²) >= 11 is 5.34. The van der Waals surface area contributed by atoms with Crippen molar-refractivity contribution in [1.82, 2.24) is 4.90 Å². The zero-order chi connectivity index (χ0) is 13.2. The van der Waals surface area contributed by atoms with Crippen LogP contribution in [0.25, 0.3) is 0 Å². The first-order valence-corrected chi connectivity index (χ1v) is 8.15. The monoisotopic (exact) mass is 336 g/mol. The second kappa shape index (κ2) is 5.75. The fourth-order valence-corrected chi connectivity index (χ4v) is 4.31. The van der Waals surface area contributed by atoms with Crippen molar-refractivity contribution in [1.29, 1.82) is 0 Å². The van der Waals surface area contributed by atoms with Crippen LogP contribution in [0.1, 0.15) is 22.0 Å². The van der Waals surface area contributed by atoms with Crippen molar-refractivity contribution in [2.75, 3.05) is 13.1 Å². The predicted molar refractivity (Wildman–Crippen MR) is 84.4 cm³/mol. The highest BCUT2D eigenvalue weighted by Gasteiger charge is 2.26. The topological polar surface area (TPSA) is 29.3 Å². The average molecular weight is 337 g/mol. The molecule has 2 nitrogen and oxygen atoms in total. The summed E-state index contributed by atoms with van der Waals surface area (Å²) in [5.74, 6) is 0. The Morgan fingerprint density at radius 3 is 2.84 bits per heavy atom. The summed E-state index contributed by atoms with van der Waals surface area (Å²) in [6, 6.07) is 13.4. The molecule has 1 atom stereocenters. The highest BCUT2D eigenvalue weighted by molar-refractivity contribution is 9.11. The molecule has 2 N–H and O–H groups in total. The van der Waals surface area contributed by atoms with E-state index in [9.17, 15) is 0 Å². The SMILES string of the molecule is NCC1c2ccccc2CCN1Cc1ccc(Br)s1. The third kappa shape index (κ3) is 2.77. The summed E-state index contributed by atoms with van der Waals surface area (Å²) in [4.78, 5) is 3.89. The maximum atomic E-state index is 6.02. The lowest BCUT2D eigenvalue weighted by atomic mass is 9.92. The molecule has 19 heavy (non-hydrogen) atoms. The smallest absolute Gasteiger partial charge is 0.0701 e. The molecule has 0 saturated heterocycles. The van der Waals surface area contributed by atoms with Gasteiger partial charge < -0.3 is 5.73 Å². The van der Waals surface area contributed by atoms with E-state index in [4.69, 9.17) is 5.73 Å². The maximum Gasteiger partial charge on any atom is 0.0701 e. The fourth-order valence-electron chi connectivity index (χ4n) is 2.81. The van der Waals surface area contributed by atoms with Gasteiger partial charge in [-0.05, 0) is 45.6 Å². The molecule has 1 aromatic carbocycles. The predicted octanol–water partition coefficient (Wildman–Crippen LogP) is 3.57. The molecular formula is C15H17BrN2S. The molecule has 1 aliphatic rings. The van der Waals surface area contributed by atoms with Crippen molar-refractivity contribution in [2.24, 2.45) is 5.73 Å². The van der Waals surface area contributed by atoms with Gasteiger partial charge in [-0.15, -0.1) is 11.3 Å². The molecule has 1 unspecified atom stereocenters. The molecular weight excluding hydrogens is 320 g/mol. The summed E-state index contributed by atoms with van der Waals surface area (Å²) in [6.45, 7) is 2.77. The number of nitrogens with two attached hydrogens (primary N) is 1. The van der Waals surface area contributed by atoms with Gasteiger partial charge in [-0.1, -0.05) is 24.3 Å². The van der Waals surface area contributed by atoms with E-state index in [0.717, 1.165) is 19.5 Å². The minimum atomic E-state index is 0.353. The number of rotatable bonds is 3. The second-order valence-electron chi connectivity index (χ2n) is 4.88. The molecule has 1 aromatic heterocycles. The third-order valence-corrected chi connectivity index (χ3v) is 5.34. The largest absolute Gasteiger partial charge is 0.329 e. The number of thiophene rings is 1. The molecule has 0 saturated carbocycles. The fraction of sp³-hybridized carbons (Fsp3) is 0.333. The zero-order valence-corrected chi connectivity index (χ0v) is 13.1. The van der Waals surface area contributed by atoms with E-state index in [2.05, 4.69) is 57.2 Å². The summed E-state index contributed by atoms with van der Waals surface area (Å²) < 4.78 is 1.20. The van der Waals surface area contributed by atoms with Gasteiger partial charge in [0.25, 0.3) is 0 Å². The highest BCUT2D eigenvalue weighted by atomic mass is 79.9. The van der Waals surface area contributed by atoms with Crippen molar-refractivity contribution >= 4 is 27.3 Å². The van der Waals surface area contributed by atoms with E-state index in [0.29, 0.717) is 12.6 Å². The molecule has 0 amide bonds. The summed E-state index contributed by atoms with van der Waals surface area (Å²) in [5.41, 5.74) is 8.89. The van der Waals surface area contributed by atoms with Crippen molar-refractivity contribution in [2.45, 2.75) is 19.0 Å². The van der Waals surface area contributed by atoms with Crippen LogP contribution in [0, 0.1) is 0 Å². The van der Waals surface area contributed by atoms with Gasteiger partial charge in [0.05, 0.1) is 3.79 Å². The van der Waals surface area contributed by atoms with Gasteiger partial charge >= 0.3 is 0 Å². The van der Waals surface area contributed by atoms with Gasteiger partial charge in [-0.25, -0.2) is 0 Å². The van der Waals surface area contributed by atoms with Crippen LogP contribution in [0.3, 0.4) is 0 Å². The van der Waals surface area contributed by atoms with Crippen molar-refractivity contribution in [3.8, 4) is 0 Å². The number of nitrogens with zero attached hydrogens (tertiary/aromatic N) is 1. The zero-order valence-electron chi connectivity index (χ0n) is 10.7. The van der Waals surface area contributed by atoms with E-state index in [-0.39, 0.29) is 0 Å². The van der Waals surface area contributed by atoms with Gasteiger partial charge in [0.2, 0.25) is 0 Å². The van der Waals surface area contributed by atoms with Gasteiger partial charge in [-0.2, -0.15) is 0 Å². The van der Waals surface area contributed by atoms with E-state index in [1.807, 2.05) is 11.3 Å². The van der Waals surface area contributed by atoms with Crippen LogP contribution in [0.15, 0.2) is 40.2 Å². The highest BCUT2D eigenvalue weighted by Crippen LogP contribution is 2.32. The molecule has 4 heteroatoms. The van der Waals surface area contributed by atoms with Crippen LogP contribution < -0.4 is 5.73 Å². The summed E-state index contributed by atoms with van der Waals surface area (Å²) in [7, 11) is 0. The Bertz CT molecular complexity index is 567. The lowest BCUT2D eigenvalue weighted by molar-refractivity contribution is 0.182. The molecule has 0 spiro atoms. The number of fused-ring (bicyclic) bond motifs is 1. The Labute approximate surface area is 126 Å². The van der Waals surface area contributed by atoms with Crippen LogP contribution in [0.4, 0.5) is 0 Å². The lowest BCUT2D eigenvalue weighted by Gasteiger charge is -2.36. The first kappa shape index (κ1) is 13.3. The van der Waals surface area contributed by atoms with E-state index in [1.54, 1.807) is 0 Å². The molecule has 0 bridgehead atoms.